The zero-order chi connectivity index (χ0) is 19.2. The van der Waals surface area contributed by atoms with Crippen LogP contribution in [-0.4, -0.2) is 66.5 Å². The van der Waals surface area contributed by atoms with Crippen LogP contribution in [0.1, 0.15) is 41.0 Å². The van der Waals surface area contributed by atoms with Gasteiger partial charge < -0.3 is 15.4 Å². The Morgan fingerprint density at radius 2 is 2.07 bits per heavy atom. The van der Waals surface area contributed by atoms with Crippen molar-refractivity contribution in [2.45, 2.75) is 24.9 Å². The van der Waals surface area contributed by atoms with Gasteiger partial charge in [-0.1, -0.05) is 30.3 Å². The molecule has 0 spiro atoms. The minimum Gasteiger partial charge on any atom is -0.379 e. The largest absolute Gasteiger partial charge is 0.379 e. The highest BCUT2D eigenvalue weighted by molar-refractivity contribution is 5.92. The maximum absolute atomic E-state index is 12.9. The van der Waals surface area contributed by atoms with Crippen LogP contribution >= 0.6 is 0 Å². The number of hydrogen-bond donors (Lipinski definition) is 2. The van der Waals surface area contributed by atoms with Crippen molar-refractivity contribution in [1.29, 1.82) is 0 Å². The normalized spacial score (nSPS) is 21.9. The number of hydrogen-bond acceptors (Lipinski definition) is 5. The van der Waals surface area contributed by atoms with E-state index in [1.165, 1.54) is 0 Å². The van der Waals surface area contributed by atoms with E-state index in [9.17, 15) is 4.79 Å². The molecule has 2 atom stereocenters. The fourth-order valence-corrected chi connectivity index (χ4v) is 3.92. The highest BCUT2D eigenvalue weighted by Gasteiger charge is 2.23. The standard InChI is InChI=1S/C21H29N5O2/c27-21(19-8-10-26(24-19)18-7-4-9-22-15-18)23-20(17-5-2-1-3-6-17)16-25-11-13-28-14-12-25/h1-3,5-6,8,10,18,20,22H,4,7,9,11-16H2,(H,23,27). The van der Waals surface area contributed by atoms with Crippen LogP contribution in [0.5, 0.6) is 0 Å². The number of aromatic nitrogens is 2. The molecule has 7 nitrogen and oxygen atoms in total. The molecule has 2 unspecified atom stereocenters. The van der Waals surface area contributed by atoms with E-state index in [2.05, 4.69) is 32.8 Å². The van der Waals surface area contributed by atoms with Gasteiger partial charge in [-0.15, -0.1) is 0 Å². The SMILES string of the molecule is O=C(NC(CN1CCOCC1)c1ccccc1)c1ccn(C2CCCNC2)n1. The molecule has 7 heteroatoms. The number of amides is 1. The summed E-state index contributed by atoms with van der Waals surface area (Å²) in [7, 11) is 0. The van der Waals surface area contributed by atoms with Crippen molar-refractivity contribution >= 4 is 5.91 Å². The summed E-state index contributed by atoms with van der Waals surface area (Å²) < 4.78 is 7.38. The average molecular weight is 383 g/mol. The molecule has 4 rings (SSSR count). The number of morpholine rings is 1. The smallest absolute Gasteiger partial charge is 0.272 e. The molecule has 1 amide bonds. The van der Waals surface area contributed by atoms with Crippen molar-refractivity contribution in [1.82, 2.24) is 25.3 Å². The Hall–Kier alpha value is -2.22. The summed E-state index contributed by atoms with van der Waals surface area (Å²) in [4.78, 5) is 15.3. The molecule has 1 aromatic carbocycles. The molecule has 2 fully saturated rings. The molecular weight excluding hydrogens is 354 g/mol. The highest BCUT2D eigenvalue weighted by Crippen LogP contribution is 2.18. The lowest BCUT2D eigenvalue weighted by atomic mass is 10.1. The van der Waals surface area contributed by atoms with Crippen LogP contribution in [0.2, 0.25) is 0 Å². The minimum atomic E-state index is -0.121. The number of benzene rings is 1. The minimum absolute atomic E-state index is 0.0757. The summed E-state index contributed by atoms with van der Waals surface area (Å²) in [5.41, 5.74) is 1.59. The quantitative estimate of drug-likeness (QED) is 0.793. The zero-order valence-corrected chi connectivity index (χ0v) is 16.2. The third kappa shape index (κ3) is 4.79. The third-order valence-corrected chi connectivity index (χ3v) is 5.54. The molecular formula is C21H29N5O2. The maximum atomic E-state index is 12.9. The fourth-order valence-electron chi connectivity index (χ4n) is 3.92. The molecule has 3 heterocycles. The Labute approximate surface area is 166 Å². The molecule has 2 aliphatic heterocycles. The van der Waals surface area contributed by atoms with E-state index in [1.807, 2.05) is 35.1 Å². The van der Waals surface area contributed by atoms with Gasteiger partial charge in [0.15, 0.2) is 0 Å². The molecule has 2 saturated heterocycles. The van der Waals surface area contributed by atoms with E-state index < -0.39 is 0 Å². The van der Waals surface area contributed by atoms with E-state index in [-0.39, 0.29) is 11.9 Å². The van der Waals surface area contributed by atoms with Crippen molar-refractivity contribution in [3.8, 4) is 0 Å². The summed E-state index contributed by atoms with van der Waals surface area (Å²) in [5, 5.41) is 11.2. The molecule has 0 bridgehead atoms. The van der Waals surface area contributed by atoms with Gasteiger partial charge in [-0.2, -0.15) is 5.10 Å². The Bertz CT molecular complexity index is 751. The lowest BCUT2D eigenvalue weighted by molar-refractivity contribution is 0.0332. The highest BCUT2D eigenvalue weighted by atomic mass is 16.5. The van der Waals surface area contributed by atoms with Crippen LogP contribution in [-0.2, 0) is 4.74 Å². The van der Waals surface area contributed by atoms with Crippen LogP contribution < -0.4 is 10.6 Å². The molecule has 1 aromatic heterocycles. The average Bonchev–Trinajstić information content (AvgIpc) is 3.26. The lowest BCUT2D eigenvalue weighted by Gasteiger charge is -2.31. The molecule has 2 aliphatic rings. The van der Waals surface area contributed by atoms with Gasteiger partial charge in [-0.25, -0.2) is 0 Å². The Morgan fingerprint density at radius 1 is 1.25 bits per heavy atom. The number of nitrogens with zero attached hydrogens (tertiary/aromatic N) is 3. The van der Waals surface area contributed by atoms with Gasteiger partial charge in [0.1, 0.15) is 5.69 Å². The first-order valence-electron chi connectivity index (χ1n) is 10.2. The van der Waals surface area contributed by atoms with Gasteiger partial charge >= 0.3 is 0 Å². The van der Waals surface area contributed by atoms with Crippen LogP contribution in [0.3, 0.4) is 0 Å². The van der Waals surface area contributed by atoms with Gasteiger partial charge in [0.05, 0.1) is 25.3 Å². The molecule has 0 radical (unpaired) electrons. The summed E-state index contributed by atoms with van der Waals surface area (Å²) >= 11 is 0. The first-order chi connectivity index (χ1) is 13.8. The molecule has 0 saturated carbocycles. The van der Waals surface area contributed by atoms with E-state index in [1.54, 1.807) is 0 Å². The van der Waals surface area contributed by atoms with Gasteiger partial charge in [-0.3, -0.25) is 14.4 Å². The van der Waals surface area contributed by atoms with Crippen molar-refractivity contribution in [2.75, 3.05) is 45.9 Å². The number of carbonyl (C=O) groups excluding carboxylic acids is 1. The maximum Gasteiger partial charge on any atom is 0.272 e. The number of carbonyl (C=O) groups is 1. The van der Waals surface area contributed by atoms with E-state index in [0.29, 0.717) is 11.7 Å². The van der Waals surface area contributed by atoms with Crippen LogP contribution in [0.25, 0.3) is 0 Å². The van der Waals surface area contributed by atoms with Crippen LogP contribution in [0.15, 0.2) is 42.6 Å². The second-order valence-electron chi connectivity index (χ2n) is 7.53. The topological polar surface area (TPSA) is 71.4 Å². The van der Waals surface area contributed by atoms with Crippen molar-refractivity contribution in [3.63, 3.8) is 0 Å². The monoisotopic (exact) mass is 383 g/mol. The van der Waals surface area contributed by atoms with Crippen molar-refractivity contribution in [2.24, 2.45) is 0 Å². The van der Waals surface area contributed by atoms with Gasteiger partial charge in [0.25, 0.3) is 5.91 Å². The lowest BCUT2D eigenvalue weighted by Crippen LogP contribution is -2.43. The third-order valence-electron chi connectivity index (χ3n) is 5.54. The molecule has 2 aromatic rings. The molecule has 0 aliphatic carbocycles. The van der Waals surface area contributed by atoms with Crippen molar-refractivity contribution < 1.29 is 9.53 Å². The number of nitrogens with one attached hydrogen (secondary N) is 2. The number of piperidine rings is 1. The van der Waals surface area contributed by atoms with Gasteiger partial charge in [0.2, 0.25) is 0 Å². The molecule has 28 heavy (non-hydrogen) atoms. The summed E-state index contributed by atoms with van der Waals surface area (Å²) in [6.07, 6.45) is 4.16. The molecule has 2 N–H and O–H groups in total. The second kappa shape index (κ2) is 9.32. The fraction of sp³-hybridized carbons (Fsp3) is 0.524. The Morgan fingerprint density at radius 3 is 2.82 bits per heavy atom. The second-order valence-corrected chi connectivity index (χ2v) is 7.53. The summed E-state index contributed by atoms with van der Waals surface area (Å²) in [6, 6.07) is 12.2. The summed E-state index contributed by atoms with van der Waals surface area (Å²) in [5.74, 6) is -0.121. The number of ether oxygens (including phenoxy) is 1. The Balaban J connectivity index is 1.45. The zero-order valence-electron chi connectivity index (χ0n) is 16.2. The van der Waals surface area contributed by atoms with E-state index in [0.717, 1.165) is 64.3 Å². The predicted octanol–water partition coefficient (Wildman–Crippen LogP) is 1.61. The van der Waals surface area contributed by atoms with E-state index >= 15 is 0 Å². The first kappa shape index (κ1) is 19.1. The van der Waals surface area contributed by atoms with Gasteiger partial charge in [-0.05, 0) is 31.0 Å². The van der Waals surface area contributed by atoms with Crippen LogP contribution in [0.4, 0.5) is 0 Å². The Kier molecular flexibility index (Phi) is 6.36. The predicted molar refractivity (Wildman–Crippen MR) is 107 cm³/mol. The van der Waals surface area contributed by atoms with Crippen LogP contribution in [0, 0.1) is 0 Å². The molecule has 150 valence electrons. The van der Waals surface area contributed by atoms with Gasteiger partial charge in [0, 0.05) is 32.4 Å². The summed E-state index contributed by atoms with van der Waals surface area (Å²) in [6.45, 7) is 6.01. The first-order valence-corrected chi connectivity index (χ1v) is 10.2. The van der Waals surface area contributed by atoms with Crippen molar-refractivity contribution in [3.05, 3.63) is 53.9 Å². The van der Waals surface area contributed by atoms with E-state index in [4.69, 9.17) is 4.74 Å². The number of rotatable bonds is 6.